The van der Waals surface area contributed by atoms with Crippen LogP contribution in [0.2, 0.25) is 0 Å². The molecule has 4 heteroatoms. The van der Waals surface area contributed by atoms with Gasteiger partial charge in [-0.25, -0.2) is 0 Å². The number of carbonyl (C=O) groups is 1. The lowest BCUT2D eigenvalue weighted by atomic mass is 9.89. The van der Waals surface area contributed by atoms with Gasteiger partial charge in [0.1, 0.15) is 0 Å². The summed E-state index contributed by atoms with van der Waals surface area (Å²) in [5.41, 5.74) is -0.258. The van der Waals surface area contributed by atoms with Crippen molar-refractivity contribution in [3.05, 3.63) is 0 Å². The highest BCUT2D eigenvalue weighted by molar-refractivity contribution is 5.87. The first-order valence-corrected chi connectivity index (χ1v) is 7.84. The van der Waals surface area contributed by atoms with Crippen LogP contribution in [-0.4, -0.2) is 60.5 Å². The van der Waals surface area contributed by atoms with E-state index in [0.29, 0.717) is 11.9 Å². The number of hydrogen-bond acceptors (Lipinski definition) is 3. The minimum absolute atomic E-state index is 0.258. The maximum absolute atomic E-state index is 13.0. The maximum atomic E-state index is 13.0. The van der Waals surface area contributed by atoms with E-state index in [2.05, 4.69) is 36.0 Å². The monoisotopic (exact) mass is 267 g/mol. The Labute approximate surface area is 117 Å². The molecule has 0 saturated carbocycles. The van der Waals surface area contributed by atoms with E-state index in [0.717, 1.165) is 58.3 Å². The summed E-state index contributed by atoms with van der Waals surface area (Å²) in [6.45, 7) is 8.37. The molecular weight excluding hydrogens is 238 g/mol. The standard InChI is InChI=1S/C15H29N3O/c1-4-7-15(8-5-9-16-15)14(19)18-11-6-10-17(3)12-13(18)2/h13,16H,4-12H2,1-3H3. The maximum Gasteiger partial charge on any atom is 0.243 e. The summed E-state index contributed by atoms with van der Waals surface area (Å²) in [7, 11) is 2.15. The van der Waals surface area contributed by atoms with E-state index >= 15 is 0 Å². The van der Waals surface area contributed by atoms with E-state index in [1.54, 1.807) is 0 Å². The minimum Gasteiger partial charge on any atom is -0.337 e. The third-order valence-corrected chi connectivity index (χ3v) is 4.64. The average molecular weight is 267 g/mol. The van der Waals surface area contributed by atoms with Crippen molar-refractivity contribution in [3.63, 3.8) is 0 Å². The zero-order valence-corrected chi connectivity index (χ0v) is 12.7. The summed E-state index contributed by atoms with van der Waals surface area (Å²) >= 11 is 0. The Bertz CT molecular complexity index is 313. The van der Waals surface area contributed by atoms with Gasteiger partial charge in [-0.3, -0.25) is 4.79 Å². The second-order valence-electron chi connectivity index (χ2n) is 6.33. The van der Waals surface area contributed by atoms with Crippen molar-refractivity contribution in [3.8, 4) is 0 Å². The van der Waals surface area contributed by atoms with Crippen LogP contribution in [0.25, 0.3) is 0 Å². The summed E-state index contributed by atoms with van der Waals surface area (Å²) in [4.78, 5) is 17.5. The van der Waals surface area contributed by atoms with Crippen molar-refractivity contribution in [2.45, 2.75) is 57.5 Å². The molecule has 2 fully saturated rings. The van der Waals surface area contributed by atoms with Gasteiger partial charge in [0.05, 0.1) is 5.54 Å². The van der Waals surface area contributed by atoms with Gasteiger partial charge in [0.25, 0.3) is 0 Å². The first-order chi connectivity index (χ1) is 9.09. The highest BCUT2D eigenvalue weighted by Gasteiger charge is 2.43. The molecule has 0 spiro atoms. The highest BCUT2D eigenvalue weighted by atomic mass is 16.2. The van der Waals surface area contributed by atoms with Crippen LogP contribution in [0.5, 0.6) is 0 Å². The van der Waals surface area contributed by atoms with Crippen LogP contribution in [0.4, 0.5) is 0 Å². The van der Waals surface area contributed by atoms with Gasteiger partial charge in [0.2, 0.25) is 5.91 Å². The number of amides is 1. The molecule has 19 heavy (non-hydrogen) atoms. The minimum atomic E-state index is -0.258. The zero-order chi connectivity index (χ0) is 13.9. The lowest BCUT2D eigenvalue weighted by Crippen LogP contribution is -2.57. The molecule has 2 rings (SSSR count). The Balaban J connectivity index is 2.12. The third kappa shape index (κ3) is 3.11. The molecule has 2 saturated heterocycles. The van der Waals surface area contributed by atoms with Gasteiger partial charge in [-0.15, -0.1) is 0 Å². The molecule has 1 N–H and O–H groups in total. The van der Waals surface area contributed by atoms with Gasteiger partial charge in [0, 0.05) is 19.1 Å². The fraction of sp³-hybridized carbons (Fsp3) is 0.933. The SMILES string of the molecule is CCCC1(C(=O)N2CCCN(C)CC2C)CCCN1. The van der Waals surface area contributed by atoms with Gasteiger partial charge in [0.15, 0.2) is 0 Å². The second-order valence-corrected chi connectivity index (χ2v) is 6.33. The molecule has 2 aliphatic heterocycles. The lowest BCUT2D eigenvalue weighted by molar-refractivity contribution is -0.140. The van der Waals surface area contributed by atoms with Gasteiger partial charge >= 0.3 is 0 Å². The molecule has 2 heterocycles. The summed E-state index contributed by atoms with van der Waals surface area (Å²) in [5, 5.41) is 3.52. The molecule has 0 bridgehead atoms. The summed E-state index contributed by atoms with van der Waals surface area (Å²) in [6.07, 6.45) is 5.28. The molecule has 0 aromatic carbocycles. The quantitative estimate of drug-likeness (QED) is 0.841. The van der Waals surface area contributed by atoms with Crippen molar-refractivity contribution in [1.29, 1.82) is 0 Å². The molecule has 1 amide bonds. The van der Waals surface area contributed by atoms with E-state index in [-0.39, 0.29) is 5.54 Å². The van der Waals surface area contributed by atoms with Crippen molar-refractivity contribution in [1.82, 2.24) is 15.1 Å². The predicted octanol–water partition coefficient (Wildman–Crippen LogP) is 1.46. The number of rotatable bonds is 3. The van der Waals surface area contributed by atoms with Crippen molar-refractivity contribution < 1.29 is 4.79 Å². The van der Waals surface area contributed by atoms with Crippen LogP contribution in [0, 0.1) is 0 Å². The van der Waals surface area contributed by atoms with Crippen LogP contribution in [0.3, 0.4) is 0 Å². The fourth-order valence-electron chi connectivity index (χ4n) is 3.68. The fourth-order valence-corrected chi connectivity index (χ4v) is 3.68. The average Bonchev–Trinajstić information content (AvgIpc) is 2.77. The van der Waals surface area contributed by atoms with Gasteiger partial charge in [-0.1, -0.05) is 13.3 Å². The molecule has 4 nitrogen and oxygen atoms in total. The Hall–Kier alpha value is -0.610. The smallest absolute Gasteiger partial charge is 0.243 e. The molecule has 110 valence electrons. The number of nitrogens with zero attached hydrogens (tertiary/aromatic N) is 2. The van der Waals surface area contributed by atoms with Crippen molar-refractivity contribution >= 4 is 5.91 Å². The number of hydrogen-bond donors (Lipinski definition) is 1. The summed E-state index contributed by atoms with van der Waals surface area (Å²) in [6, 6.07) is 0.330. The van der Waals surface area contributed by atoms with Gasteiger partial charge in [-0.2, -0.15) is 0 Å². The Kier molecular flexibility index (Phi) is 4.85. The number of nitrogens with one attached hydrogen (secondary N) is 1. The van der Waals surface area contributed by atoms with E-state index < -0.39 is 0 Å². The Morgan fingerprint density at radius 1 is 1.37 bits per heavy atom. The predicted molar refractivity (Wildman–Crippen MR) is 78.2 cm³/mol. The lowest BCUT2D eigenvalue weighted by Gasteiger charge is -2.37. The second kappa shape index (κ2) is 6.23. The topological polar surface area (TPSA) is 35.6 Å². The molecule has 0 aliphatic carbocycles. The number of likely N-dealkylation sites (N-methyl/N-ethyl adjacent to an activating group) is 1. The molecule has 0 aromatic heterocycles. The molecule has 2 atom stereocenters. The normalized spacial score (nSPS) is 33.4. The van der Waals surface area contributed by atoms with Crippen LogP contribution in [0.15, 0.2) is 0 Å². The molecule has 0 radical (unpaired) electrons. The summed E-state index contributed by atoms with van der Waals surface area (Å²) in [5.74, 6) is 0.356. The highest BCUT2D eigenvalue weighted by Crippen LogP contribution is 2.28. The molecular formula is C15H29N3O. The Morgan fingerprint density at radius 3 is 2.79 bits per heavy atom. The van der Waals surface area contributed by atoms with E-state index in [9.17, 15) is 4.79 Å². The van der Waals surface area contributed by atoms with Crippen LogP contribution >= 0.6 is 0 Å². The number of carbonyl (C=O) groups excluding carboxylic acids is 1. The first-order valence-electron chi connectivity index (χ1n) is 7.84. The van der Waals surface area contributed by atoms with Gasteiger partial charge in [-0.05, 0) is 52.7 Å². The molecule has 2 aliphatic rings. The molecule has 0 aromatic rings. The van der Waals surface area contributed by atoms with E-state index in [1.807, 2.05) is 0 Å². The zero-order valence-electron chi connectivity index (χ0n) is 12.7. The molecule has 2 unspecified atom stereocenters. The van der Waals surface area contributed by atoms with Gasteiger partial charge < -0.3 is 15.1 Å². The largest absolute Gasteiger partial charge is 0.337 e. The van der Waals surface area contributed by atoms with Crippen molar-refractivity contribution in [2.75, 3.05) is 33.2 Å². The van der Waals surface area contributed by atoms with Crippen molar-refractivity contribution in [2.24, 2.45) is 0 Å². The third-order valence-electron chi connectivity index (χ3n) is 4.64. The van der Waals surface area contributed by atoms with E-state index in [4.69, 9.17) is 0 Å². The van der Waals surface area contributed by atoms with E-state index in [1.165, 1.54) is 0 Å². The van der Waals surface area contributed by atoms with Crippen LogP contribution in [0.1, 0.15) is 46.0 Å². The van der Waals surface area contributed by atoms with Crippen LogP contribution < -0.4 is 5.32 Å². The first kappa shape index (κ1) is 14.8. The Morgan fingerprint density at radius 2 is 2.16 bits per heavy atom. The van der Waals surface area contributed by atoms with Crippen LogP contribution in [-0.2, 0) is 4.79 Å². The summed E-state index contributed by atoms with van der Waals surface area (Å²) < 4.78 is 0.